The second-order valence-corrected chi connectivity index (χ2v) is 12.6. The Morgan fingerprint density at radius 3 is 2.15 bits per heavy atom. The van der Waals surface area contributed by atoms with Crippen molar-refractivity contribution in [3.8, 4) is 40.1 Å². The first kappa shape index (κ1) is 37.9. The fourth-order valence-corrected chi connectivity index (χ4v) is 6.04. The highest BCUT2D eigenvalue weighted by Gasteiger charge is 2.51. The van der Waals surface area contributed by atoms with E-state index in [1.165, 1.54) is 13.0 Å². The topological polar surface area (TPSA) is 328 Å². The van der Waals surface area contributed by atoms with E-state index in [1.807, 2.05) is 0 Å². The zero-order valence-electron chi connectivity index (χ0n) is 27.0. The molecule has 3 fully saturated rings. The summed E-state index contributed by atoms with van der Waals surface area (Å²) in [6, 6.07) is 5.10. The molecule has 3 aliphatic rings. The summed E-state index contributed by atoms with van der Waals surface area (Å²) in [5.41, 5.74) is -1.52. The lowest BCUT2D eigenvalue weighted by molar-refractivity contribution is -0.348. The Hall–Kier alpha value is -3.87. The molecule has 2 aromatic carbocycles. The van der Waals surface area contributed by atoms with Gasteiger partial charge in [-0.3, -0.25) is 4.79 Å². The molecule has 0 radical (unpaired) electrons. The molecule has 3 aromatic rings. The van der Waals surface area contributed by atoms with Gasteiger partial charge in [0.1, 0.15) is 83.5 Å². The van der Waals surface area contributed by atoms with Gasteiger partial charge in [-0.2, -0.15) is 0 Å². The number of benzene rings is 2. The van der Waals surface area contributed by atoms with Crippen molar-refractivity contribution in [2.24, 2.45) is 0 Å². The van der Waals surface area contributed by atoms with Crippen molar-refractivity contribution in [3.05, 3.63) is 40.6 Å². The van der Waals surface area contributed by atoms with Crippen molar-refractivity contribution in [2.75, 3.05) is 13.2 Å². The molecular weight excluding hydrogens is 704 g/mol. The minimum atomic E-state index is -2.08. The van der Waals surface area contributed by atoms with Crippen molar-refractivity contribution in [1.82, 2.24) is 0 Å². The van der Waals surface area contributed by atoms with Gasteiger partial charge in [0.2, 0.25) is 17.5 Å². The minimum Gasteiger partial charge on any atom is -0.508 e. The Bertz CT molecular complexity index is 1800. The Kier molecular flexibility index (Phi) is 10.8. The Labute approximate surface area is 292 Å². The summed E-state index contributed by atoms with van der Waals surface area (Å²) in [4.78, 5) is 13.9. The van der Waals surface area contributed by atoms with Crippen LogP contribution in [-0.4, -0.2) is 161 Å². The fourth-order valence-electron chi connectivity index (χ4n) is 6.04. The fraction of sp³-hybridized carbons (Fsp3) is 0.531. The van der Waals surface area contributed by atoms with Crippen LogP contribution in [0.25, 0.3) is 22.3 Å². The second kappa shape index (κ2) is 14.9. The van der Waals surface area contributed by atoms with Crippen LogP contribution >= 0.6 is 0 Å². The maximum atomic E-state index is 13.9. The summed E-state index contributed by atoms with van der Waals surface area (Å²) >= 11 is 0. The molecular formula is C32H38O20. The third kappa shape index (κ3) is 7.09. The Balaban J connectivity index is 1.37. The van der Waals surface area contributed by atoms with Crippen LogP contribution in [0.4, 0.5) is 0 Å². The van der Waals surface area contributed by atoms with Crippen LogP contribution < -0.4 is 10.2 Å². The standard InChI is InChI=1S/C32H38O20/c1-9-19(38)23(42)25(44)30(48-9)47-8-17-21(40)28(51-31-24(43)20(39)15(37)7-46-31)26(45)32(50-17)52-29-22(41)18-14(36)5-11(33)6-16(18)49-27(29)10-2-3-12(34)13(35)4-10/h2-6,9,15,17,19-21,23-26,28,30-40,42-45H,7-8H2,1H3/t9-,15+,17+,19-,20-,21+,23+,24+,25+,26+,28-,30+,31-,32-/m0/s1. The summed E-state index contributed by atoms with van der Waals surface area (Å²) in [7, 11) is 0. The first-order chi connectivity index (χ1) is 24.6. The molecule has 12 N–H and O–H groups in total. The van der Waals surface area contributed by atoms with Gasteiger partial charge in [0.15, 0.2) is 29.8 Å². The smallest absolute Gasteiger partial charge is 0.239 e. The molecule has 20 heteroatoms. The predicted octanol–water partition coefficient (Wildman–Crippen LogP) is -3.22. The Morgan fingerprint density at radius 1 is 0.731 bits per heavy atom. The third-order valence-corrected chi connectivity index (χ3v) is 9.01. The van der Waals surface area contributed by atoms with Crippen LogP contribution in [-0.2, 0) is 23.7 Å². The molecule has 3 saturated heterocycles. The van der Waals surface area contributed by atoms with Gasteiger partial charge in [0.05, 0.1) is 19.3 Å². The van der Waals surface area contributed by atoms with E-state index < -0.39 is 145 Å². The quantitative estimate of drug-likeness (QED) is 0.101. The number of aromatic hydroxyl groups is 4. The maximum absolute atomic E-state index is 13.9. The van der Waals surface area contributed by atoms with E-state index in [1.54, 1.807) is 0 Å². The van der Waals surface area contributed by atoms with Crippen molar-refractivity contribution in [3.63, 3.8) is 0 Å². The van der Waals surface area contributed by atoms with E-state index in [0.717, 1.165) is 24.3 Å². The normalized spacial score (nSPS) is 36.9. The molecule has 4 heterocycles. The van der Waals surface area contributed by atoms with Gasteiger partial charge in [0.25, 0.3) is 0 Å². The lowest BCUT2D eigenvalue weighted by atomic mass is 9.97. The number of ether oxygens (including phenoxy) is 6. The van der Waals surface area contributed by atoms with Crippen LogP contribution in [0, 0.1) is 0 Å². The number of aliphatic hydroxyl groups excluding tert-OH is 8. The highest BCUT2D eigenvalue weighted by Crippen LogP contribution is 2.40. The molecule has 14 atom stereocenters. The van der Waals surface area contributed by atoms with E-state index in [2.05, 4.69) is 0 Å². The number of phenolic OH excluding ortho intramolecular Hbond substituents is 4. The summed E-state index contributed by atoms with van der Waals surface area (Å²) in [6.07, 6.45) is -23.9. The van der Waals surface area contributed by atoms with Crippen molar-refractivity contribution >= 4 is 11.0 Å². The zero-order valence-corrected chi connectivity index (χ0v) is 27.0. The van der Waals surface area contributed by atoms with Crippen molar-refractivity contribution < 1.29 is 94.1 Å². The van der Waals surface area contributed by atoms with Gasteiger partial charge in [-0.1, -0.05) is 0 Å². The molecule has 6 rings (SSSR count). The molecule has 0 aliphatic carbocycles. The second-order valence-electron chi connectivity index (χ2n) is 12.6. The SMILES string of the molecule is C[C@@H]1O[C@@H](OC[C@H]2O[C@@H](Oc3c(-c4ccc(O)c(O)c4)oc4cc(O)cc(O)c4c3=O)[C@H](O)[C@@H](O[C@@H]3OC[C@@H](O)[C@H](O)[C@H]3O)[C@@H]2O)[C@H](O)[C@H](O)[C@H]1O. The number of aliphatic hydroxyl groups is 8. The molecule has 20 nitrogen and oxygen atoms in total. The van der Waals surface area contributed by atoms with Crippen molar-refractivity contribution in [2.45, 2.75) is 92.9 Å². The van der Waals surface area contributed by atoms with Gasteiger partial charge in [-0.25, -0.2) is 0 Å². The van der Waals surface area contributed by atoms with E-state index in [9.17, 15) is 66.1 Å². The molecule has 0 amide bonds. The van der Waals surface area contributed by atoms with Gasteiger partial charge in [-0.05, 0) is 25.1 Å². The molecule has 0 unspecified atom stereocenters. The largest absolute Gasteiger partial charge is 0.508 e. The van der Waals surface area contributed by atoms with Crippen LogP contribution in [0.3, 0.4) is 0 Å². The van der Waals surface area contributed by atoms with Crippen LogP contribution in [0.1, 0.15) is 6.92 Å². The molecule has 1 aromatic heterocycles. The first-order valence-electron chi connectivity index (χ1n) is 15.9. The number of fused-ring (bicyclic) bond motifs is 1. The number of hydrogen-bond donors (Lipinski definition) is 12. The molecule has 52 heavy (non-hydrogen) atoms. The third-order valence-electron chi connectivity index (χ3n) is 9.01. The maximum Gasteiger partial charge on any atom is 0.239 e. The van der Waals surface area contributed by atoms with E-state index in [-0.39, 0.29) is 11.1 Å². The average molecular weight is 743 g/mol. The van der Waals surface area contributed by atoms with Gasteiger partial charge in [-0.15, -0.1) is 0 Å². The molecule has 0 bridgehead atoms. The van der Waals surface area contributed by atoms with E-state index >= 15 is 0 Å². The summed E-state index contributed by atoms with van der Waals surface area (Å²) in [5, 5.41) is 124. The highest BCUT2D eigenvalue weighted by molar-refractivity contribution is 5.88. The summed E-state index contributed by atoms with van der Waals surface area (Å²) in [5.74, 6) is -3.64. The first-order valence-corrected chi connectivity index (χ1v) is 15.9. The number of rotatable bonds is 8. The predicted molar refractivity (Wildman–Crippen MR) is 167 cm³/mol. The highest BCUT2D eigenvalue weighted by atomic mass is 16.7. The number of hydrogen-bond acceptors (Lipinski definition) is 20. The summed E-state index contributed by atoms with van der Waals surface area (Å²) < 4.78 is 39.5. The van der Waals surface area contributed by atoms with Crippen molar-refractivity contribution in [1.29, 1.82) is 0 Å². The zero-order chi connectivity index (χ0) is 37.8. The summed E-state index contributed by atoms with van der Waals surface area (Å²) in [6.45, 7) is 0.173. The monoisotopic (exact) mass is 742 g/mol. The molecule has 0 saturated carbocycles. The van der Waals surface area contributed by atoms with Crippen LogP contribution in [0.15, 0.2) is 39.5 Å². The lowest BCUT2D eigenvalue weighted by Crippen LogP contribution is -2.64. The average Bonchev–Trinajstić information content (AvgIpc) is 3.10. The van der Waals surface area contributed by atoms with E-state index in [4.69, 9.17) is 32.8 Å². The van der Waals surface area contributed by atoms with E-state index in [0.29, 0.717) is 0 Å². The van der Waals surface area contributed by atoms with Crippen LogP contribution in [0.5, 0.6) is 28.7 Å². The van der Waals surface area contributed by atoms with Gasteiger partial charge in [0, 0.05) is 17.7 Å². The number of phenols is 4. The lowest BCUT2D eigenvalue weighted by Gasteiger charge is -2.45. The molecule has 3 aliphatic heterocycles. The molecule has 0 spiro atoms. The minimum absolute atomic E-state index is 0.0882. The van der Waals surface area contributed by atoms with Crippen LogP contribution in [0.2, 0.25) is 0 Å². The van der Waals surface area contributed by atoms with Gasteiger partial charge < -0.3 is 94.1 Å². The van der Waals surface area contributed by atoms with Gasteiger partial charge >= 0.3 is 0 Å². The Morgan fingerprint density at radius 2 is 1.44 bits per heavy atom. The molecule has 286 valence electrons.